The van der Waals surface area contributed by atoms with Gasteiger partial charge >= 0.3 is 0 Å². The largest absolute Gasteiger partial charge is 0.326 e. The number of rotatable bonds is 8. The van der Waals surface area contributed by atoms with Crippen LogP contribution in [0.2, 0.25) is 0 Å². The van der Waals surface area contributed by atoms with E-state index in [1.54, 1.807) is 12.1 Å². The Morgan fingerprint density at radius 1 is 1.40 bits per heavy atom. The number of benzene rings is 1. The van der Waals surface area contributed by atoms with Gasteiger partial charge < -0.3 is 10.6 Å². The Bertz CT molecular complexity index is 661. The fourth-order valence-electron chi connectivity index (χ4n) is 2.68. The summed E-state index contributed by atoms with van der Waals surface area (Å²) in [5.41, 5.74) is 0.511. The van der Waals surface area contributed by atoms with E-state index in [9.17, 15) is 13.2 Å². The molecular weight excluding hydrogens is 362 g/mol. The molecule has 2 rings (SSSR count). The molecule has 3 N–H and O–H groups in total. The SMILES string of the molecule is CCC(C)NS(=O)(=O)c1cccc(NC(=O)CCC2CCNC2)c1.Cl. The van der Waals surface area contributed by atoms with Gasteiger partial charge in [0, 0.05) is 18.2 Å². The quantitative estimate of drug-likeness (QED) is 0.637. The molecule has 1 aromatic rings. The normalized spacial score (nSPS) is 18.4. The van der Waals surface area contributed by atoms with Gasteiger partial charge in [-0.05, 0) is 63.4 Å². The van der Waals surface area contributed by atoms with Gasteiger partial charge in [-0.3, -0.25) is 4.79 Å². The zero-order valence-corrected chi connectivity index (χ0v) is 16.4. The molecule has 25 heavy (non-hydrogen) atoms. The van der Waals surface area contributed by atoms with Crippen LogP contribution >= 0.6 is 12.4 Å². The molecular formula is C17H28ClN3O3S. The van der Waals surface area contributed by atoms with E-state index in [-0.39, 0.29) is 29.3 Å². The lowest BCUT2D eigenvalue weighted by Gasteiger charge is -2.13. The summed E-state index contributed by atoms with van der Waals surface area (Å²) in [5.74, 6) is 0.480. The number of amides is 1. The first-order valence-corrected chi connectivity index (χ1v) is 10.0. The van der Waals surface area contributed by atoms with Crippen molar-refractivity contribution in [3.8, 4) is 0 Å². The van der Waals surface area contributed by atoms with Crippen molar-refractivity contribution in [3.63, 3.8) is 0 Å². The van der Waals surface area contributed by atoms with E-state index in [2.05, 4.69) is 15.4 Å². The number of carbonyl (C=O) groups excluding carboxylic acids is 1. The monoisotopic (exact) mass is 389 g/mol. The third kappa shape index (κ3) is 6.93. The van der Waals surface area contributed by atoms with Gasteiger partial charge in [0.15, 0.2) is 0 Å². The number of sulfonamides is 1. The van der Waals surface area contributed by atoms with Crippen molar-refractivity contribution in [1.29, 1.82) is 0 Å². The number of halogens is 1. The van der Waals surface area contributed by atoms with E-state index < -0.39 is 10.0 Å². The van der Waals surface area contributed by atoms with Crippen LogP contribution in [0.25, 0.3) is 0 Å². The highest BCUT2D eigenvalue weighted by Crippen LogP contribution is 2.18. The number of hydrogen-bond acceptors (Lipinski definition) is 4. The maximum atomic E-state index is 12.3. The fraction of sp³-hybridized carbons (Fsp3) is 0.588. The summed E-state index contributed by atoms with van der Waals surface area (Å²) in [5, 5.41) is 6.08. The molecule has 2 unspecified atom stereocenters. The van der Waals surface area contributed by atoms with Crippen molar-refractivity contribution in [1.82, 2.24) is 10.0 Å². The molecule has 0 saturated carbocycles. The molecule has 1 aromatic carbocycles. The van der Waals surface area contributed by atoms with Gasteiger partial charge in [0.05, 0.1) is 4.90 Å². The lowest BCUT2D eigenvalue weighted by atomic mass is 10.0. The Morgan fingerprint density at radius 2 is 2.16 bits per heavy atom. The van der Waals surface area contributed by atoms with Gasteiger partial charge in [0.25, 0.3) is 0 Å². The van der Waals surface area contributed by atoms with Crippen molar-refractivity contribution < 1.29 is 13.2 Å². The molecule has 0 aliphatic carbocycles. The van der Waals surface area contributed by atoms with E-state index in [4.69, 9.17) is 0 Å². The Labute approximate surface area is 156 Å². The molecule has 0 spiro atoms. The van der Waals surface area contributed by atoms with Crippen molar-refractivity contribution in [2.75, 3.05) is 18.4 Å². The molecule has 0 bridgehead atoms. The number of carbonyl (C=O) groups is 1. The maximum Gasteiger partial charge on any atom is 0.240 e. The van der Waals surface area contributed by atoms with E-state index >= 15 is 0 Å². The van der Waals surface area contributed by atoms with Crippen LogP contribution in [0.4, 0.5) is 5.69 Å². The van der Waals surface area contributed by atoms with Gasteiger partial charge in [-0.25, -0.2) is 13.1 Å². The minimum absolute atomic E-state index is 0. The van der Waals surface area contributed by atoms with Crippen molar-refractivity contribution in [3.05, 3.63) is 24.3 Å². The smallest absolute Gasteiger partial charge is 0.240 e. The summed E-state index contributed by atoms with van der Waals surface area (Å²) in [6.45, 7) is 5.74. The van der Waals surface area contributed by atoms with E-state index in [0.29, 0.717) is 24.4 Å². The van der Waals surface area contributed by atoms with E-state index in [0.717, 1.165) is 25.9 Å². The van der Waals surface area contributed by atoms with Gasteiger partial charge in [0.1, 0.15) is 0 Å². The highest BCUT2D eigenvalue weighted by Gasteiger charge is 2.18. The number of nitrogens with one attached hydrogen (secondary N) is 3. The summed E-state index contributed by atoms with van der Waals surface area (Å²) in [4.78, 5) is 12.2. The van der Waals surface area contributed by atoms with Gasteiger partial charge in [-0.1, -0.05) is 13.0 Å². The zero-order chi connectivity index (χ0) is 17.6. The molecule has 1 aliphatic rings. The maximum absolute atomic E-state index is 12.3. The topological polar surface area (TPSA) is 87.3 Å². The Kier molecular flexibility index (Phi) is 8.85. The van der Waals surface area contributed by atoms with Crippen LogP contribution < -0.4 is 15.4 Å². The Hall–Kier alpha value is -1.15. The van der Waals surface area contributed by atoms with Crippen LogP contribution in [-0.4, -0.2) is 33.5 Å². The van der Waals surface area contributed by atoms with Gasteiger partial charge in [-0.15, -0.1) is 12.4 Å². The molecule has 0 aromatic heterocycles. The first-order valence-electron chi connectivity index (χ1n) is 8.53. The number of hydrogen-bond donors (Lipinski definition) is 3. The van der Waals surface area contributed by atoms with E-state index in [1.165, 1.54) is 12.1 Å². The second-order valence-electron chi connectivity index (χ2n) is 6.40. The summed E-state index contributed by atoms with van der Waals surface area (Å²) < 4.78 is 27.2. The van der Waals surface area contributed by atoms with Crippen LogP contribution in [-0.2, 0) is 14.8 Å². The minimum atomic E-state index is -3.56. The van der Waals surface area contributed by atoms with Crippen molar-refractivity contribution >= 4 is 34.0 Å². The molecule has 142 valence electrons. The second kappa shape index (κ2) is 10.1. The Morgan fingerprint density at radius 3 is 2.80 bits per heavy atom. The third-order valence-electron chi connectivity index (χ3n) is 4.34. The molecule has 1 aliphatic heterocycles. The van der Waals surface area contributed by atoms with Crippen molar-refractivity contribution in [2.24, 2.45) is 5.92 Å². The fourth-order valence-corrected chi connectivity index (χ4v) is 4.05. The second-order valence-corrected chi connectivity index (χ2v) is 8.12. The molecule has 2 atom stereocenters. The number of anilines is 1. The highest BCUT2D eigenvalue weighted by atomic mass is 35.5. The predicted octanol–water partition coefficient (Wildman–Crippen LogP) is 2.51. The predicted molar refractivity (Wildman–Crippen MR) is 103 cm³/mol. The van der Waals surface area contributed by atoms with Gasteiger partial charge in [-0.2, -0.15) is 0 Å². The van der Waals surface area contributed by atoms with Crippen LogP contribution in [0.15, 0.2) is 29.2 Å². The standard InChI is InChI=1S/C17H27N3O3S.ClH/c1-3-13(2)20-24(22,23)16-6-4-5-15(11-16)19-17(21)8-7-14-9-10-18-12-14;/h4-6,11,13-14,18,20H,3,7-10,12H2,1-2H3,(H,19,21);1H. The lowest BCUT2D eigenvalue weighted by Crippen LogP contribution is -2.32. The summed E-state index contributed by atoms with van der Waals surface area (Å²) >= 11 is 0. The van der Waals surface area contributed by atoms with Gasteiger partial charge in [0.2, 0.25) is 15.9 Å². The average Bonchev–Trinajstić information content (AvgIpc) is 3.06. The van der Waals surface area contributed by atoms with Crippen LogP contribution in [0.3, 0.4) is 0 Å². The summed E-state index contributed by atoms with van der Waals surface area (Å²) in [7, 11) is -3.56. The Balaban J connectivity index is 0.00000312. The molecule has 0 radical (unpaired) electrons. The average molecular weight is 390 g/mol. The molecule has 1 fully saturated rings. The van der Waals surface area contributed by atoms with Crippen LogP contribution in [0.1, 0.15) is 39.5 Å². The van der Waals surface area contributed by atoms with E-state index in [1.807, 2.05) is 13.8 Å². The first-order chi connectivity index (χ1) is 11.4. The molecule has 1 saturated heterocycles. The molecule has 6 nitrogen and oxygen atoms in total. The summed E-state index contributed by atoms with van der Waals surface area (Å²) in [6, 6.07) is 6.25. The zero-order valence-electron chi connectivity index (χ0n) is 14.7. The molecule has 8 heteroatoms. The lowest BCUT2D eigenvalue weighted by molar-refractivity contribution is -0.116. The molecule has 1 heterocycles. The highest BCUT2D eigenvalue weighted by molar-refractivity contribution is 7.89. The summed E-state index contributed by atoms with van der Waals surface area (Å²) in [6.07, 6.45) is 3.13. The van der Waals surface area contributed by atoms with Crippen LogP contribution in [0.5, 0.6) is 0 Å². The minimum Gasteiger partial charge on any atom is -0.326 e. The van der Waals surface area contributed by atoms with Crippen molar-refractivity contribution in [2.45, 2.75) is 50.5 Å². The van der Waals surface area contributed by atoms with Crippen LogP contribution in [0, 0.1) is 5.92 Å². The third-order valence-corrected chi connectivity index (χ3v) is 5.93. The molecule has 1 amide bonds. The first kappa shape index (κ1) is 21.9.